The number of hydrogen-bond acceptors (Lipinski definition) is 2. The van der Waals surface area contributed by atoms with E-state index in [0.717, 1.165) is 31.8 Å². The van der Waals surface area contributed by atoms with Crippen LogP contribution in [0.3, 0.4) is 0 Å². The van der Waals surface area contributed by atoms with Crippen LogP contribution < -0.4 is 0 Å². The smallest absolute Gasteiger partial charge is 0.0961 e. The molecule has 76 valence electrons. The summed E-state index contributed by atoms with van der Waals surface area (Å²) in [6, 6.07) is 0.389. The van der Waals surface area contributed by atoms with Gasteiger partial charge < -0.3 is 9.64 Å². The van der Waals surface area contributed by atoms with E-state index in [0.29, 0.717) is 12.0 Å². The average Bonchev–Trinajstić information content (AvgIpc) is 2.47. The Morgan fingerprint density at radius 2 is 2.23 bits per heavy atom. The number of methoxy groups -OCH3 is 1. The molecule has 1 aliphatic rings. The van der Waals surface area contributed by atoms with Crippen LogP contribution in [0.25, 0.3) is 0 Å². The van der Waals surface area contributed by atoms with Gasteiger partial charge in [0.1, 0.15) is 0 Å². The highest BCUT2D eigenvalue weighted by atomic mass is 16.5. The van der Waals surface area contributed by atoms with Gasteiger partial charge in [-0.25, -0.2) is 0 Å². The van der Waals surface area contributed by atoms with Gasteiger partial charge in [0.05, 0.1) is 18.5 Å². The van der Waals surface area contributed by atoms with Crippen LogP contribution in [0, 0.1) is 11.3 Å². The lowest BCUT2D eigenvalue weighted by Crippen LogP contribution is -2.42. The van der Waals surface area contributed by atoms with Crippen LogP contribution in [-0.2, 0) is 4.74 Å². The fourth-order valence-corrected chi connectivity index (χ4v) is 1.87. The molecule has 1 aliphatic heterocycles. The Bertz CT molecular complexity index is 180. The number of likely N-dealkylation sites (tertiary alicyclic amines) is 1. The molecule has 0 spiro atoms. The Morgan fingerprint density at radius 3 is 2.62 bits per heavy atom. The maximum absolute atomic E-state index is 7.78. The van der Waals surface area contributed by atoms with E-state index in [4.69, 9.17) is 10.1 Å². The van der Waals surface area contributed by atoms with Crippen molar-refractivity contribution in [3.8, 4) is 0 Å². The largest absolute Gasteiger partial charge is 0.383 e. The summed E-state index contributed by atoms with van der Waals surface area (Å²) in [4.78, 5) is 2.19. The Hall–Kier alpha value is -0.570. The van der Waals surface area contributed by atoms with E-state index < -0.39 is 0 Å². The van der Waals surface area contributed by atoms with Crippen LogP contribution in [0.15, 0.2) is 0 Å². The van der Waals surface area contributed by atoms with Gasteiger partial charge in [-0.1, -0.05) is 13.8 Å². The Balaban J connectivity index is 2.57. The van der Waals surface area contributed by atoms with Gasteiger partial charge in [-0.05, 0) is 12.3 Å². The van der Waals surface area contributed by atoms with Crippen molar-refractivity contribution in [2.45, 2.75) is 32.7 Å². The quantitative estimate of drug-likeness (QED) is 0.722. The molecule has 1 heterocycles. The third-order valence-electron chi connectivity index (χ3n) is 2.67. The fourth-order valence-electron chi connectivity index (χ4n) is 1.87. The van der Waals surface area contributed by atoms with Crippen molar-refractivity contribution >= 4 is 5.84 Å². The van der Waals surface area contributed by atoms with Crippen molar-refractivity contribution in [1.29, 1.82) is 5.41 Å². The van der Waals surface area contributed by atoms with Crippen molar-refractivity contribution < 1.29 is 4.74 Å². The molecule has 0 radical (unpaired) electrons. The third-order valence-corrected chi connectivity index (χ3v) is 2.67. The highest BCUT2D eigenvalue weighted by Gasteiger charge is 2.27. The van der Waals surface area contributed by atoms with Crippen molar-refractivity contribution in [2.75, 3.05) is 20.3 Å². The summed E-state index contributed by atoms with van der Waals surface area (Å²) in [5, 5.41) is 7.78. The normalized spacial score (nSPS) is 20.0. The molecule has 3 nitrogen and oxygen atoms in total. The van der Waals surface area contributed by atoms with E-state index in [9.17, 15) is 0 Å². The molecule has 1 saturated heterocycles. The zero-order valence-electron chi connectivity index (χ0n) is 8.84. The van der Waals surface area contributed by atoms with Gasteiger partial charge in [0, 0.05) is 20.1 Å². The zero-order valence-corrected chi connectivity index (χ0v) is 8.84. The number of nitrogens with zero attached hydrogens (tertiary/aromatic N) is 1. The summed E-state index contributed by atoms with van der Waals surface area (Å²) >= 11 is 0. The number of nitrogens with one attached hydrogen (secondary N) is 1. The molecule has 0 aromatic rings. The number of amidine groups is 1. The topological polar surface area (TPSA) is 36.3 Å². The number of hydrogen-bond donors (Lipinski definition) is 1. The lowest BCUT2D eigenvalue weighted by molar-refractivity contribution is 0.107. The molecule has 13 heavy (non-hydrogen) atoms. The van der Waals surface area contributed by atoms with Gasteiger partial charge in [-0.15, -0.1) is 0 Å². The Kier molecular flexibility index (Phi) is 3.72. The molecular weight excluding hydrogens is 164 g/mol. The Morgan fingerprint density at radius 1 is 1.54 bits per heavy atom. The minimum atomic E-state index is 0.389. The second-order valence-corrected chi connectivity index (χ2v) is 4.01. The van der Waals surface area contributed by atoms with Crippen molar-refractivity contribution in [3.05, 3.63) is 0 Å². The first-order valence-electron chi connectivity index (χ1n) is 4.99. The first kappa shape index (κ1) is 10.5. The van der Waals surface area contributed by atoms with E-state index in [1.807, 2.05) is 0 Å². The molecule has 1 atom stereocenters. The summed E-state index contributed by atoms with van der Waals surface area (Å²) < 4.78 is 5.19. The second-order valence-electron chi connectivity index (χ2n) is 4.01. The molecule has 0 aromatic carbocycles. The first-order valence-corrected chi connectivity index (χ1v) is 4.99. The standard InChI is InChI=1S/C10H20N2O/c1-8(2)9(7-13-3)12-6-4-5-10(12)11/h8-9,11H,4-7H2,1-3H3. The summed E-state index contributed by atoms with van der Waals surface area (Å²) in [5.41, 5.74) is 0. The van der Waals surface area contributed by atoms with Gasteiger partial charge in [-0.2, -0.15) is 0 Å². The minimum Gasteiger partial charge on any atom is -0.383 e. The molecule has 3 heteroatoms. The molecule has 0 amide bonds. The summed E-state index contributed by atoms with van der Waals surface area (Å²) in [7, 11) is 1.73. The molecule has 1 unspecified atom stereocenters. The zero-order chi connectivity index (χ0) is 9.84. The molecule has 1 rings (SSSR count). The van der Waals surface area contributed by atoms with Crippen LogP contribution in [-0.4, -0.2) is 37.0 Å². The fraction of sp³-hybridized carbons (Fsp3) is 0.900. The average molecular weight is 184 g/mol. The van der Waals surface area contributed by atoms with E-state index in [-0.39, 0.29) is 0 Å². The lowest BCUT2D eigenvalue weighted by atomic mass is 10.0. The monoisotopic (exact) mass is 184 g/mol. The summed E-state index contributed by atoms with van der Waals surface area (Å²) in [6.07, 6.45) is 2.07. The van der Waals surface area contributed by atoms with E-state index in [2.05, 4.69) is 18.7 Å². The van der Waals surface area contributed by atoms with Crippen LogP contribution in [0.1, 0.15) is 26.7 Å². The molecular formula is C10H20N2O. The molecule has 0 aliphatic carbocycles. The maximum atomic E-state index is 7.78. The first-order chi connectivity index (χ1) is 6.16. The van der Waals surface area contributed by atoms with Crippen LogP contribution in [0.4, 0.5) is 0 Å². The highest BCUT2D eigenvalue weighted by molar-refractivity contribution is 5.81. The second kappa shape index (κ2) is 4.61. The summed E-state index contributed by atoms with van der Waals surface area (Å²) in [6.45, 7) is 6.15. The van der Waals surface area contributed by atoms with Crippen molar-refractivity contribution in [3.63, 3.8) is 0 Å². The highest BCUT2D eigenvalue weighted by Crippen LogP contribution is 2.19. The predicted molar refractivity (Wildman–Crippen MR) is 54.2 cm³/mol. The van der Waals surface area contributed by atoms with Gasteiger partial charge >= 0.3 is 0 Å². The molecule has 1 N–H and O–H groups in total. The van der Waals surface area contributed by atoms with Gasteiger partial charge in [0.15, 0.2) is 0 Å². The van der Waals surface area contributed by atoms with Gasteiger partial charge in [0.2, 0.25) is 0 Å². The molecule has 0 bridgehead atoms. The van der Waals surface area contributed by atoms with Crippen molar-refractivity contribution in [1.82, 2.24) is 4.90 Å². The van der Waals surface area contributed by atoms with E-state index in [1.165, 1.54) is 0 Å². The van der Waals surface area contributed by atoms with Crippen LogP contribution in [0.2, 0.25) is 0 Å². The summed E-state index contributed by atoms with van der Waals surface area (Å²) in [5.74, 6) is 1.34. The van der Waals surface area contributed by atoms with Crippen LogP contribution >= 0.6 is 0 Å². The minimum absolute atomic E-state index is 0.389. The van der Waals surface area contributed by atoms with E-state index >= 15 is 0 Å². The van der Waals surface area contributed by atoms with Crippen LogP contribution in [0.5, 0.6) is 0 Å². The van der Waals surface area contributed by atoms with E-state index in [1.54, 1.807) is 7.11 Å². The van der Waals surface area contributed by atoms with Gasteiger partial charge in [0.25, 0.3) is 0 Å². The van der Waals surface area contributed by atoms with Gasteiger partial charge in [-0.3, -0.25) is 5.41 Å². The SMILES string of the molecule is COCC(C(C)C)N1CCCC1=N. The number of rotatable bonds is 4. The third kappa shape index (κ3) is 2.44. The molecule has 0 saturated carbocycles. The Labute approximate surface area is 80.6 Å². The van der Waals surface area contributed by atoms with Crippen molar-refractivity contribution in [2.24, 2.45) is 5.92 Å². The predicted octanol–water partition coefficient (Wildman–Crippen LogP) is 1.73. The molecule has 0 aromatic heterocycles. The maximum Gasteiger partial charge on any atom is 0.0961 e. The number of ether oxygens (including phenoxy) is 1. The lowest BCUT2D eigenvalue weighted by Gasteiger charge is -2.31. The molecule has 1 fully saturated rings.